The van der Waals surface area contributed by atoms with E-state index in [4.69, 9.17) is 0 Å². The highest BCUT2D eigenvalue weighted by atomic mass is 19.1. The van der Waals surface area contributed by atoms with Crippen molar-refractivity contribution in [3.05, 3.63) is 59.2 Å². The van der Waals surface area contributed by atoms with Crippen LogP contribution >= 0.6 is 0 Å². The lowest BCUT2D eigenvalue weighted by Crippen LogP contribution is -1.83. The molecule has 0 amide bonds. The van der Waals surface area contributed by atoms with Gasteiger partial charge in [-0.05, 0) is 31.2 Å². The van der Waals surface area contributed by atoms with Crippen LogP contribution in [0.15, 0.2) is 41.4 Å². The normalized spacial score (nSPS) is 11.6. The zero-order chi connectivity index (χ0) is 15.0. The van der Waals surface area contributed by atoms with E-state index >= 15 is 0 Å². The number of aromatic nitrogens is 1. The molecule has 0 saturated heterocycles. The lowest BCUT2D eigenvalue weighted by atomic mass is 10.1. The molecule has 0 atom stereocenters. The second-order valence-corrected chi connectivity index (χ2v) is 4.79. The fourth-order valence-corrected chi connectivity index (χ4v) is 2.16. The molecule has 1 aromatic heterocycles. The minimum Gasteiger partial charge on any atom is -0.494 e. The number of aryl methyl sites for hydroxylation is 1. The van der Waals surface area contributed by atoms with Crippen LogP contribution in [0.3, 0.4) is 0 Å². The molecular weight excluding hydrogens is 274 g/mol. The molecule has 1 heterocycles. The molecule has 3 rings (SSSR count). The zero-order valence-electron chi connectivity index (χ0n) is 11.2. The Morgan fingerprint density at radius 3 is 2.71 bits per heavy atom. The molecule has 0 aliphatic rings. The molecule has 0 bridgehead atoms. The highest BCUT2D eigenvalue weighted by molar-refractivity contribution is 6.02. The quantitative estimate of drug-likeness (QED) is 0.681. The maximum atomic E-state index is 13.5. The van der Waals surface area contributed by atoms with Gasteiger partial charge in [0.25, 0.3) is 0 Å². The molecule has 0 spiro atoms. The molecule has 5 heteroatoms. The summed E-state index contributed by atoms with van der Waals surface area (Å²) in [6, 6.07) is 8.81. The van der Waals surface area contributed by atoms with E-state index in [0.717, 1.165) is 28.6 Å². The SMILES string of the molecule is Cc1ccc2[nH]c(O)c(C=Nc3ccc(F)cc3F)c2c1. The lowest BCUT2D eigenvalue weighted by molar-refractivity contribution is 0.457. The Morgan fingerprint density at radius 2 is 1.95 bits per heavy atom. The fraction of sp³-hybridized carbons (Fsp3) is 0.0625. The standard InChI is InChI=1S/C16H12F2N2O/c1-9-2-4-14-11(6-9)12(16(21)20-14)8-19-15-5-3-10(17)7-13(15)18/h2-8,20-21H,1H3. The van der Waals surface area contributed by atoms with Gasteiger partial charge in [0.15, 0.2) is 11.7 Å². The predicted molar refractivity (Wildman–Crippen MR) is 78.3 cm³/mol. The first-order chi connectivity index (χ1) is 10.0. The number of benzene rings is 2. The van der Waals surface area contributed by atoms with Gasteiger partial charge in [-0.15, -0.1) is 0 Å². The Morgan fingerprint density at radius 1 is 1.14 bits per heavy atom. The largest absolute Gasteiger partial charge is 0.494 e. The van der Waals surface area contributed by atoms with E-state index < -0.39 is 11.6 Å². The zero-order valence-corrected chi connectivity index (χ0v) is 11.2. The molecule has 0 aliphatic carbocycles. The van der Waals surface area contributed by atoms with Gasteiger partial charge in [0.1, 0.15) is 5.82 Å². The van der Waals surface area contributed by atoms with Gasteiger partial charge >= 0.3 is 0 Å². The monoisotopic (exact) mass is 286 g/mol. The van der Waals surface area contributed by atoms with Crippen LogP contribution in [0.1, 0.15) is 11.1 Å². The van der Waals surface area contributed by atoms with Crippen LogP contribution in [0.4, 0.5) is 14.5 Å². The number of nitrogens with zero attached hydrogens (tertiary/aromatic N) is 1. The summed E-state index contributed by atoms with van der Waals surface area (Å²) in [5, 5.41) is 10.7. The average molecular weight is 286 g/mol. The molecule has 106 valence electrons. The van der Waals surface area contributed by atoms with Crippen molar-refractivity contribution < 1.29 is 13.9 Å². The van der Waals surface area contributed by atoms with Gasteiger partial charge in [-0.1, -0.05) is 11.6 Å². The van der Waals surface area contributed by atoms with Gasteiger partial charge in [0.05, 0.1) is 11.3 Å². The topological polar surface area (TPSA) is 48.4 Å². The smallest absolute Gasteiger partial charge is 0.198 e. The highest BCUT2D eigenvalue weighted by Gasteiger charge is 2.09. The van der Waals surface area contributed by atoms with Crippen LogP contribution in [0.5, 0.6) is 5.88 Å². The number of aromatic hydroxyl groups is 1. The molecular formula is C16H12F2N2O. The Labute approximate surface area is 119 Å². The second-order valence-electron chi connectivity index (χ2n) is 4.79. The number of H-pyrrole nitrogens is 1. The van der Waals surface area contributed by atoms with Crippen LogP contribution in [0, 0.1) is 18.6 Å². The van der Waals surface area contributed by atoms with Gasteiger partial charge in [0, 0.05) is 23.2 Å². The van der Waals surface area contributed by atoms with Crippen LogP contribution in [0.25, 0.3) is 10.9 Å². The second kappa shape index (κ2) is 5.01. The van der Waals surface area contributed by atoms with E-state index in [0.29, 0.717) is 5.56 Å². The molecule has 2 N–H and O–H groups in total. The maximum absolute atomic E-state index is 13.5. The van der Waals surface area contributed by atoms with Gasteiger partial charge in [-0.25, -0.2) is 8.78 Å². The molecule has 21 heavy (non-hydrogen) atoms. The summed E-state index contributed by atoms with van der Waals surface area (Å²) in [6.45, 7) is 1.93. The number of halogens is 2. The van der Waals surface area contributed by atoms with Crippen LogP contribution in [0.2, 0.25) is 0 Å². The lowest BCUT2D eigenvalue weighted by Gasteiger charge is -1.97. The Kier molecular flexibility index (Phi) is 3.17. The summed E-state index contributed by atoms with van der Waals surface area (Å²) in [7, 11) is 0. The number of fused-ring (bicyclic) bond motifs is 1. The maximum Gasteiger partial charge on any atom is 0.198 e. The summed E-state index contributed by atoms with van der Waals surface area (Å²) in [6.07, 6.45) is 1.37. The summed E-state index contributed by atoms with van der Waals surface area (Å²) in [4.78, 5) is 6.81. The third-order valence-corrected chi connectivity index (χ3v) is 3.22. The molecule has 0 fully saturated rings. The number of hydrogen-bond acceptors (Lipinski definition) is 2. The van der Waals surface area contributed by atoms with Crippen molar-refractivity contribution >= 4 is 22.8 Å². The minimum absolute atomic E-state index is 0.0119. The van der Waals surface area contributed by atoms with E-state index in [1.54, 1.807) is 0 Å². The Balaban J connectivity index is 2.06. The Hall–Kier alpha value is -2.69. The van der Waals surface area contributed by atoms with E-state index in [1.165, 1.54) is 12.3 Å². The average Bonchev–Trinajstić information content (AvgIpc) is 2.73. The molecule has 0 radical (unpaired) electrons. The number of aromatic amines is 1. The molecule has 2 aromatic carbocycles. The predicted octanol–water partition coefficient (Wildman–Crippen LogP) is 4.21. The first-order valence-corrected chi connectivity index (χ1v) is 6.35. The van der Waals surface area contributed by atoms with Crippen LogP contribution < -0.4 is 0 Å². The number of rotatable bonds is 2. The molecule has 3 aromatic rings. The summed E-state index contributed by atoms with van der Waals surface area (Å²) in [5.74, 6) is -1.44. The molecule has 3 nitrogen and oxygen atoms in total. The van der Waals surface area contributed by atoms with Crippen molar-refractivity contribution in [3.8, 4) is 5.88 Å². The van der Waals surface area contributed by atoms with E-state index in [-0.39, 0.29) is 11.6 Å². The Bertz CT molecular complexity index is 853. The fourth-order valence-electron chi connectivity index (χ4n) is 2.16. The van der Waals surface area contributed by atoms with Gasteiger partial charge in [-0.3, -0.25) is 4.99 Å². The van der Waals surface area contributed by atoms with Crippen molar-refractivity contribution in [3.63, 3.8) is 0 Å². The molecule has 0 saturated carbocycles. The molecule has 0 aliphatic heterocycles. The van der Waals surface area contributed by atoms with Crippen molar-refractivity contribution in [2.45, 2.75) is 6.92 Å². The third-order valence-electron chi connectivity index (χ3n) is 3.22. The van der Waals surface area contributed by atoms with E-state index in [9.17, 15) is 13.9 Å². The van der Waals surface area contributed by atoms with Crippen LogP contribution in [-0.2, 0) is 0 Å². The molecule has 0 unspecified atom stereocenters. The summed E-state index contributed by atoms with van der Waals surface area (Å²) < 4.78 is 26.4. The van der Waals surface area contributed by atoms with Crippen molar-refractivity contribution in [1.82, 2.24) is 4.98 Å². The van der Waals surface area contributed by atoms with E-state index in [2.05, 4.69) is 9.98 Å². The van der Waals surface area contributed by atoms with Crippen molar-refractivity contribution in [1.29, 1.82) is 0 Å². The first kappa shape index (κ1) is 13.3. The van der Waals surface area contributed by atoms with Gasteiger partial charge < -0.3 is 10.1 Å². The third kappa shape index (κ3) is 2.50. The first-order valence-electron chi connectivity index (χ1n) is 6.35. The number of nitrogens with one attached hydrogen (secondary N) is 1. The highest BCUT2D eigenvalue weighted by Crippen LogP contribution is 2.27. The summed E-state index contributed by atoms with van der Waals surface area (Å²) >= 11 is 0. The number of hydrogen-bond donors (Lipinski definition) is 2. The van der Waals surface area contributed by atoms with Gasteiger partial charge in [0.2, 0.25) is 0 Å². The number of aliphatic imine (C=N–C) groups is 1. The minimum atomic E-state index is -0.748. The van der Waals surface area contributed by atoms with Crippen molar-refractivity contribution in [2.75, 3.05) is 0 Å². The summed E-state index contributed by atoms with van der Waals surface area (Å²) in [5.41, 5.74) is 2.28. The van der Waals surface area contributed by atoms with Crippen molar-refractivity contribution in [2.24, 2.45) is 4.99 Å². The van der Waals surface area contributed by atoms with Crippen LogP contribution in [-0.4, -0.2) is 16.3 Å². The van der Waals surface area contributed by atoms with Gasteiger partial charge in [-0.2, -0.15) is 0 Å². The van der Waals surface area contributed by atoms with E-state index in [1.807, 2.05) is 25.1 Å².